The van der Waals surface area contributed by atoms with Crippen LogP contribution in [-0.4, -0.2) is 22.4 Å². The van der Waals surface area contributed by atoms with Crippen LogP contribution in [0.2, 0.25) is 0 Å². The Balaban J connectivity index is -0.00000000161. The molecule has 0 saturated carbocycles. The summed E-state index contributed by atoms with van der Waals surface area (Å²) in [6, 6.07) is 0. The minimum absolute atomic E-state index is 0. The van der Waals surface area contributed by atoms with Crippen molar-refractivity contribution in [2.75, 3.05) is 0 Å². The molecule has 0 radical (unpaired) electrons. The fraction of sp³-hybridized carbons (Fsp3) is 0. The number of hydrogen-bond acceptors (Lipinski definition) is 3. The van der Waals surface area contributed by atoms with Gasteiger partial charge in [-0.2, -0.15) is 0 Å². The van der Waals surface area contributed by atoms with E-state index in [1.807, 2.05) is 0 Å². The molecule has 3 N–H and O–H groups in total. The van der Waals surface area contributed by atoms with E-state index in [4.69, 9.17) is 15.1 Å². The molecule has 0 atom stereocenters. The van der Waals surface area contributed by atoms with Crippen LogP contribution in [-0.2, 0) is 0 Å². The van der Waals surface area contributed by atoms with Gasteiger partial charge in [0.1, 0.15) is 0 Å². The third-order valence-corrected chi connectivity index (χ3v) is 0. The third-order valence-electron chi connectivity index (χ3n) is 0. The molecule has 0 bridgehead atoms. The average molecular weight is 93.6 g/mol. The van der Waals surface area contributed by atoms with Crippen LogP contribution in [0.5, 0.6) is 0 Å². The zero-order chi connectivity index (χ0) is 3.58. The van der Waals surface area contributed by atoms with E-state index >= 15 is 0 Å². The summed E-state index contributed by atoms with van der Waals surface area (Å²) in [4.78, 5) is 0. The van der Waals surface area contributed by atoms with Gasteiger partial charge in [0.2, 0.25) is 0 Å². The van der Waals surface area contributed by atoms with E-state index in [1.54, 1.807) is 0 Å². The van der Waals surface area contributed by atoms with Crippen LogP contribution >= 0.6 is 0 Å². The smallest absolute Gasteiger partial charge is 1.00 e. The molecular formula is H7BLi4O3. The Morgan fingerprint density at radius 2 is 0.750 bits per heavy atom. The maximum Gasteiger partial charge on any atom is 1.00 e. The minimum atomic E-state index is -2.17. The Kier molecular flexibility index (Phi) is 90.1. The molecule has 0 aliphatic heterocycles. The zero-order valence-corrected chi connectivity index (χ0v) is 5.92. The Morgan fingerprint density at radius 3 is 0.750 bits per heavy atom. The van der Waals surface area contributed by atoms with Crippen LogP contribution in [0.1, 0.15) is 5.71 Å². The average Bonchev–Trinajstić information content (AvgIpc) is 0.811. The van der Waals surface area contributed by atoms with Crippen LogP contribution in [0, 0.1) is 0 Å². The van der Waals surface area contributed by atoms with E-state index in [1.165, 1.54) is 0 Å². The quantitative estimate of drug-likeness (QED) is 0.261. The van der Waals surface area contributed by atoms with Crippen molar-refractivity contribution >= 4 is 7.32 Å². The molecule has 32 valence electrons. The van der Waals surface area contributed by atoms with Gasteiger partial charge in [-0.05, 0) is 0 Å². The predicted molar refractivity (Wildman–Crippen MR) is 16.9 cm³/mol. The SMILES string of the molecule is OB(O)O.[H-].[H-].[H-].[H-].[Li+].[Li+].[Li+].[Li+]. The van der Waals surface area contributed by atoms with Gasteiger partial charge in [-0.1, -0.05) is 0 Å². The second kappa shape index (κ2) is 22.8. The predicted octanol–water partition coefficient (Wildman–Crippen LogP) is -13.6. The molecule has 0 aliphatic rings. The van der Waals surface area contributed by atoms with Crippen LogP contribution in [0.4, 0.5) is 0 Å². The monoisotopic (exact) mass is 94.1 g/mol. The van der Waals surface area contributed by atoms with Crippen molar-refractivity contribution < 1.29 is 96.2 Å². The summed E-state index contributed by atoms with van der Waals surface area (Å²) < 4.78 is 0. The molecule has 0 heterocycles. The summed E-state index contributed by atoms with van der Waals surface area (Å²) in [5.41, 5.74) is 0. The normalized spacial score (nSPS) is 3.38. The van der Waals surface area contributed by atoms with Crippen molar-refractivity contribution in [2.45, 2.75) is 0 Å². The molecule has 0 amide bonds. The summed E-state index contributed by atoms with van der Waals surface area (Å²) in [5.74, 6) is 0. The van der Waals surface area contributed by atoms with Crippen molar-refractivity contribution in [3.8, 4) is 0 Å². The fourth-order valence-electron chi connectivity index (χ4n) is 0. The van der Waals surface area contributed by atoms with Gasteiger partial charge in [-0.25, -0.2) is 0 Å². The molecule has 8 heavy (non-hydrogen) atoms. The molecule has 0 saturated heterocycles. The van der Waals surface area contributed by atoms with Crippen LogP contribution < -0.4 is 75.4 Å². The van der Waals surface area contributed by atoms with E-state index in [0.29, 0.717) is 0 Å². The zero-order valence-electron chi connectivity index (χ0n) is 9.92. The molecule has 0 rings (SSSR count). The van der Waals surface area contributed by atoms with Crippen molar-refractivity contribution in [1.29, 1.82) is 0 Å². The summed E-state index contributed by atoms with van der Waals surface area (Å²) in [5, 5.41) is 21.5. The summed E-state index contributed by atoms with van der Waals surface area (Å²) in [6.07, 6.45) is 0. The largest absolute Gasteiger partial charge is 1.00 e. The van der Waals surface area contributed by atoms with Gasteiger partial charge in [0.15, 0.2) is 0 Å². The van der Waals surface area contributed by atoms with Gasteiger partial charge in [0.25, 0.3) is 0 Å². The van der Waals surface area contributed by atoms with Crippen LogP contribution in [0.25, 0.3) is 0 Å². The van der Waals surface area contributed by atoms with Gasteiger partial charge in [0, 0.05) is 0 Å². The molecule has 0 fully saturated rings. The Bertz CT molecular complexity index is 27.0. The Morgan fingerprint density at radius 1 is 0.750 bits per heavy atom. The van der Waals surface area contributed by atoms with Crippen LogP contribution in [0.3, 0.4) is 0 Å². The first-order valence-electron chi connectivity index (χ1n) is 0.775. The number of hydrogen-bond donors (Lipinski definition) is 3. The van der Waals surface area contributed by atoms with Crippen molar-refractivity contribution in [1.82, 2.24) is 0 Å². The summed E-state index contributed by atoms with van der Waals surface area (Å²) in [7, 11) is -2.17. The van der Waals surface area contributed by atoms with E-state index in [9.17, 15) is 0 Å². The van der Waals surface area contributed by atoms with Crippen LogP contribution in [0.15, 0.2) is 0 Å². The van der Waals surface area contributed by atoms with Gasteiger partial charge >= 0.3 is 82.8 Å². The van der Waals surface area contributed by atoms with Gasteiger partial charge in [0.05, 0.1) is 0 Å². The molecule has 0 aliphatic carbocycles. The van der Waals surface area contributed by atoms with Gasteiger partial charge < -0.3 is 20.8 Å². The molecule has 0 aromatic heterocycles. The Hall–Kier alpha value is 2.33. The van der Waals surface area contributed by atoms with Gasteiger partial charge in [-0.3, -0.25) is 0 Å². The molecule has 0 unspecified atom stereocenters. The molecule has 8 heteroatoms. The second-order valence-electron chi connectivity index (χ2n) is 0.346. The topological polar surface area (TPSA) is 60.7 Å². The van der Waals surface area contributed by atoms with E-state index in [2.05, 4.69) is 0 Å². The minimum Gasteiger partial charge on any atom is -1.00 e. The van der Waals surface area contributed by atoms with Crippen molar-refractivity contribution in [3.05, 3.63) is 0 Å². The Labute approximate surface area is 103 Å². The maximum atomic E-state index is 7.17. The van der Waals surface area contributed by atoms with E-state index in [0.717, 1.165) is 0 Å². The molecule has 0 aromatic carbocycles. The van der Waals surface area contributed by atoms with Crippen molar-refractivity contribution in [2.24, 2.45) is 0 Å². The standard InChI is InChI=1S/BH3O3.4Li.4H/c2-1(3)4;;;;;;;;/h2-4H;;;;;;;;/q;4*+1;4*-1. The van der Waals surface area contributed by atoms with Gasteiger partial charge in [-0.15, -0.1) is 0 Å². The van der Waals surface area contributed by atoms with E-state index in [-0.39, 0.29) is 81.1 Å². The first-order valence-corrected chi connectivity index (χ1v) is 0.775. The van der Waals surface area contributed by atoms with E-state index < -0.39 is 7.32 Å². The third kappa shape index (κ3) is 82.3. The fourth-order valence-corrected chi connectivity index (χ4v) is 0. The first kappa shape index (κ1) is 31.6. The first-order chi connectivity index (χ1) is 1.73. The van der Waals surface area contributed by atoms with Crippen molar-refractivity contribution in [3.63, 3.8) is 0 Å². The summed E-state index contributed by atoms with van der Waals surface area (Å²) in [6.45, 7) is 0. The molecule has 0 aromatic rings. The summed E-state index contributed by atoms with van der Waals surface area (Å²) >= 11 is 0. The molecule has 0 spiro atoms. The molecular weight excluding hydrogens is 86.6 g/mol. The maximum absolute atomic E-state index is 7.17. The second-order valence-corrected chi connectivity index (χ2v) is 0.346. The number of rotatable bonds is 0. The molecule has 3 nitrogen and oxygen atoms in total.